The first kappa shape index (κ1) is 21.9. The van der Waals surface area contributed by atoms with E-state index in [1.165, 1.54) is 33.3 Å². The summed E-state index contributed by atoms with van der Waals surface area (Å²) < 4.78 is 28.3. The number of amides is 1. The van der Waals surface area contributed by atoms with E-state index in [4.69, 9.17) is 0 Å². The molecule has 8 heteroatoms. The normalized spacial score (nSPS) is 15.3. The number of hydrogen-bond donors (Lipinski definition) is 1. The van der Waals surface area contributed by atoms with Gasteiger partial charge in [-0.3, -0.25) is 10.1 Å². The molecule has 4 rings (SSSR count). The van der Waals surface area contributed by atoms with Crippen LogP contribution in [-0.4, -0.2) is 36.7 Å². The molecule has 1 aliphatic rings. The lowest BCUT2D eigenvalue weighted by Gasteiger charge is -2.23. The standard InChI is InChI=1S/C23H27N3O3S2/c1-15(2)17-10-13-20-21(14-17)30-23(24-20)25-22(27)16-8-11-19(12-9-16)31(28,29)26(3)18-6-4-5-7-18/h8-15,18H,4-7H2,1-3H3,(H,24,25,27). The van der Waals surface area contributed by atoms with Gasteiger partial charge < -0.3 is 0 Å². The summed E-state index contributed by atoms with van der Waals surface area (Å²) in [6, 6.07) is 12.3. The number of sulfonamides is 1. The van der Waals surface area contributed by atoms with Gasteiger partial charge in [0.05, 0.1) is 15.1 Å². The first-order chi connectivity index (χ1) is 14.8. The highest BCUT2D eigenvalue weighted by molar-refractivity contribution is 7.89. The van der Waals surface area contributed by atoms with Crippen LogP contribution in [0, 0.1) is 0 Å². The van der Waals surface area contributed by atoms with Gasteiger partial charge in [-0.05, 0) is 60.7 Å². The second kappa shape index (κ2) is 8.68. The minimum absolute atomic E-state index is 0.0585. The molecule has 1 N–H and O–H groups in total. The van der Waals surface area contributed by atoms with Gasteiger partial charge in [-0.15, -0.1) is 0 Å². The monoisotopic (exact) mass is 457 g/mol. The minimum atomic E-state index is -3.56. The molecule has 164 valence electrons. The van der Waals surface area contributed by atoms with Gasteiger partial charge in [-0.2, -0.15) is 4.31 Å². The third-order valence-corrected chi connectivity index (χ3v) is 8.79. The Bertz CT molecular complexity index is 1190. The summed E-state index contributed by atoms with van der Waals surface area (Å²) in [5, 5.41) is 3.36. The maximum Gasteiger partial charge on any atom is 0.257 e. The van der Waals surface area contributed by atoms with E-state index in [1.54, 1.807) is 19.2 Å². The summed E-state index contributed by atoms with van der Waals surface area (Å²) in [5.74, 6) is 0.114. The molecule has 2 aromatic carbocycles. The maximum absolute atomic E-state index is 12.9. The molecule has 31 heavy (non-hydrogen) atoms. The largest absolute Gasteiger partial charge is 0.298 e. The fraction of sp³-hybridized carbons (Fsp3) is 0.391. The highest BCUT2D eigenvalue weighted by Crippen LogP contribution is 2.30. The quantitative estimate of drug-likeness (QED) is 0.549. The summed E-state index contributed by atoms with van der Waals surface area (Å²) >= 11 is 1.43. The first-order valence-corrected chi connectivity index (χ1v) is 12.8. The van der Waals surface area contributed by atoms with Crippen molar-refractivity contribution in [3.8, 4) is 0 Å². The number of nitrogens with one attached hydrogen (secondary N) is 1. The van der Waals surface area contributed by atoms with Crippen molar-refractivity contribution in [2.24, 2.45) is 0 Å². The Morgan fingerprint density at radius 3 is 2.45 bits per heavy atom. The Labute approximate surface area is 187 Å². The van der Waals surface area contributed by atoms with Crippen LogP contribution in [0.15, 0.2) is 47.4 Å². The predicted octanol–water partition coefficient (Wildman–Crippen LogP) is 5.24. The Morgan fingerprint density at radius 2 is 1.81 bits per heavy atom. The van der Waals surface area contributed by atoms with Crippen molar-refractivity contribution in [1.82, 2.24) is 9.29 Å². The highest BCUT2D eigenvalue weighted by atomic mass is 32.2. The Morgan fingerprint density at radius 1 is 1.13 bits per heavy atom. The molecule has 0 aliphatic heterocycles. The zero-order valence-corrected chi connectivity index (χ0v) is 19.6. The van der Waals surface area contributed by atoms with Crippen LogP contribution in [0.5, 0.6) is 0 Å². The van der Waals surface area contributed by atoms with Gasteiger partial charge in [0.25, 0.3) is 5.91 Å². The van der Waals surface area contributed by atoms with Crippen LogP contribution in [0.1, 0.15) is 61.4 Å². The topological polar surface area (TPSA) is 79.4 Å². The first-order valence-electron chi connectivity index (χ1n) is 10.6. The van der Waals surface area contributed by atoms with Crippen LogP contribution in [0.25, 0.3) is 10.2 Å². The molecule has 0 radical (unpaired) electrons. The van der Waals surface area contributed by atoms with E-state index in [2.05, 4.69) is 36.3 Å². The molecule has 0 spiro atoms. The van der Waals surface area contributed by atoms with Gasteiger partial charge in [-0.25, -0.2) is 13.4 Å². The summed E-state index contributed by atoms with van der Waals surface area (Å²) in [6.07, 6.45) is 3.93. The molecule has 0 atom stereocenters. The van der Waals surface area contributed by atoms with Gasteiger partial charge >= 0.3 is 0 Å². The lowest BCUT2D eigenvalue weighted by Crippen LogP contribution is -2.35. The lowest BCUT2D eigenvalue weighted by molar-refractivity contribution is 0.102. The number of benzene rings is 2. The number of aromatic nitrogens is 1. The Kier molecular flexibility index (Phi) is 6.14. The van der Waals surface area contributed by atoms with Crippen molar-refractivity contribution in [3.05, 3.63) is 53.6 Å². The van der Waals surface area contributed by atoms with Crippen LogP contribution in [0.2, 0.25) is 0 Å². The van der Waals surface area contributed by atoms with Crippen molar-refractivity contribution >= 4 is 42.6 Å². The number of rotatable bonds is 6. The molecular weight excluding hydrogens is 430 g/mol. The third kappa shape index (κ3) is 4.51. The number of nitrogens with zero attached hydrogens (tertiary/aromatic N) is 2. The molecule has 1 heterocycles. The molecule has 0 unspecified atom stereocenters. The van der Waals surface area contributed by atoms with Gasteiger partial charge in [0.2, 0.25) is 10.0 Å². The molecule has 6 nitrogen and oxygen atoms in total. The average Bonchev–Trinajstić information content (AvgIpc) is 3.42. The molecule has 0 saturated heterocycles. The third-order valence-electron chi connectivity index (χ3n) is 5.93. The van der Waals surface area contributed by atoms with E-state index in [0.29, 0.717) is 16.6 Å². The second-order valence-electron chi connectivity index (χ2n) is 8.34. The molecule has 1 amide bonds. The van der Waals surface area contributed by atoms with E-state index in [-0.39, 0.29) is 16.8 Å². The fourth-order valence-electron chi connectivity index (χ4n) is 3.93. The fourth-order valence-corrected chi connectivity index (χ4v) is 6.26. The number of thiazole rings is 1. The number of carbonyl (C=O) groups excluding carboxylic acids is 1. The molecule has 1 aliphatic carbocycles. The SMILES string of the molecule is CC(C)c1ccc2nc(NC(=O)c3ccc(S(=O)(=O)N(C)C4CCCC4)cc3)sc2c1. The van der Waals surface area contributed by atoms with Gasteiger partial charge in [0.15, 0.2) is 5.13 Å². The molecule has 1 fully saturated rings. The van der Waals surface area contributed by atoms with Crippen LogP contribution >= 0.6 is 11.3 Å². The minimum Gasteiger partial charge on any atom is -0.298 e. The predicted molar refractivity (Wildman–Crippen MR) is 125 cm³/mol. The summed E-state index contributed by atoms with van der Waals surface area (Å²) in [4.78, 5) is 17.4. The number of fused-ring (bicyclic) bond motifs is 1. The zero-order chi connectivity index (χ0) is 22.2. The van der Waals surface area contributed by atoms with E-state index >= 15 is 0 Å². The average molecular weight is 458 g/mol. The smallest absolute Gasteiger partial charge is 0.257 e. The van der Waals surface area contributed by atoms with Gasteiger partial charge in [-0.1, -0.05) is 44.1 Å². The van der Waals surface area contributed by atoms with E-state index in [0.717, 1.165) is 35.9 Å². The number of anilines is 1. The molecule has 3 aromatic rings. The van der Waals surface area contributed by atoms with Crippen molar-refractivity contribution in [2.45, 2.75) is 56.4 Å². The second-order valence-corrected chi connectivity index (χ2v) is 11.4. The molecular formula is C23H27N3O3S2. The van der Waals surface area contributed by atoms with Gasteiger partial charge in [0, 0.05) is 18.7 Å². The maximum atomic E-state index is 12.9. The highest BCUT2D eigenvalue weighted by Gasteiger charge is 2.30. The Balaban J connectivity index is 1.49. The van der Waals surface area contributed by atoms with Crippen LogP contribution in [0.4, 0.5) is 5.13 Å². The summed E-state index contributed by atoms with van der Waals surface area (Å²) in [6.45, 7) is 4.28. The van der Waals surface area contributed by atoms with Crippen molar-refractivity contribution in [1.29, 1.82) is 0 Å². The summed E-state index contributed by atoms with van der Waals surface area (Å²) in [7, 11) is -1.92. The molecule has 0 bridgehead atoms. The van der Waals surface area contributed by atoms with Crippen LogP contribution in [0.3, 0.4) is 0 Å². The lowest BCUT2D eigenvalue weighted by atomic mass is 10.0. The zero-order valence-electron chi connectivity index (χ0n) is 18.0. The van der Waals surface area contributed by atoms with Gasteiger partial charge in [0.1, 0.15) is 0 Å². The molecule has 1 saturated carbocycles. The summed E-state index contributed by atoms with van der Waals surface area (Å²) in [5.41, 5.74) is 2.47. The number of carbonyl (C=O) groups is 1. The van der Waals surface area contributed by atoms with Crippen molar-refractivity contribution in [2.75, 3.05) is 12.4 Å². The number of hydrogen-bond acceptors (Lipinski definition) is 5. The van der Waals surface area contributed by atoms with Crippen LogP contribution in [-0.2, 0) is 10.0 Å². The van der Waals surface area contributed by atoms with E-state index in [1.807, 2.05) is 6.07 Å². The molecule has 1 aromatic heterocycles. The van der Waals surface area contributed by atoms with Crippen molar-refractivity contribution < 1.29 is 13.2 Å². The van der Waals surface area contributed by atoms with E-state index in [9.17, 15) is 13.2 Å². The Hall–Kier alpha value is -2.29. The van der Waals surface area contributed by atoms with Crippen LogP contribution < -0.4 is 5.32 Å². The van der Waals surface area contributed by atoms with Crippen molar-refractivity contribution in [3.63, 3.8) is 0 Å². The van der Waals surface area contributed by atoms with E-state index < -0.39 is 10.0 Å².